The van der Waals surface area contributed by atoms with Crippen molar-refractivity contribution in [2.45, 2.75) is 10.8 Å². The van der Waals surface area contributed by atoms with E-state index in [0.29, 0.717) is 0 Å². The van der Waals surface area contributed by atoms with Gasteiger partial charge in [0, 0.05) is 16.8 Å². The van der Waals surface area contributed by atoms with Crippen LogP contribution < -0.4 is 0 Å². The molecular weight excluding hydrogens is 198 g/mol. The fraction of sp³-hybridized carbons (Fsp3) is 0.100. The third-order valence-corrected chi connectivity index (χ3v) is 3.63. The minimum absolute atomic E-state index is 1.02. The highest BCUT2D eigenvalue weighted by Gasteiger charge is 1.96. The standard InChI is InChI=1S/C10H9NS2/c1-2-6-11-10(5-1)13-8-9-4-3-7-12-9/h1-7H,8H2. The lowest BCUT2D eigenvalue weighted by Gasteiger charge is -1.96. The Labute approximate surface area is 85.8 Å². The summed E-state index contributed by atoms with van der Waals surface area (Å²) < 4.78 is 0. The molecular formula is C10H9NS2. The van der Waals surface area contributed by atoms with Gasteiger partial charge in [-0.1, -0.05) is 12.1 Å². The van der Waals surface area contributed by atoms with Gasteiger partial charge in [0.15, 0.2) is 0 Å². The van der Waals surface area contributed by atoms with Crippen molar-refractivity contribution < 1.29 is 0 Å². The lowest BCUT2D eigenvalue weighted by Crippen LogP contribution is -1.77. The topological polar surface area (TPSA) is 12.9 Å². The molecule has 2 rings (SSSR count). The van der Waals surface area contributed by atoms with Gasteiger partial charge in [-0.25, -0.2) is 4.98 Å². The Kier molecular flexibility index (Phi) is 3.00. The molecule has 0 aliphatic carbocycles. The lowest BCUT2D eigenvalue weighted by molar-refractivity contribution is 1.13. The number of nitrogens with zero attached hydrogens (tertiary/aromatic N) is 1. The molecule has 0 saturated carbocycles. The number of hydrogen-bond acceptors (Lipinski definition) is 3. The maximum absolute atomic E-state index is 4.25. The molecule has 0 radical (unpaired) electrons. The summed E-state index contributed by atoms with van der Waals surface area (Å²) >= 11 is 3.57. The molecule has 0 aliphatic rings. The first-order valence-electron chi connectivity index (χ1n) is 4.01. The third kappa shape index (κ3) is 2.57. The van der Waals surface area contributed by atoms with Crippen molar-refractivity contribution in [3.05, 3.63) is 46.8 Å². The lowest BCUT2D eigenvalue weighted by atomic mass is 10.5. The molecule has 2 aromatic rings. The largest absolute Gasteiger partial charge is 0.250 e. The second kappa shape index (κ2) is 4.44. The fourth-order valence-electron chi connectivity index (χ4n) is 0.972. The van der Waals surface area contributed by atoms with Gasteiger partial charge in [-0.05, 0) is 23.6 Å². The van der Waals surface area contributed by atoms with Crippen LogP contribution in [0.25, 0.3) is 0 Å². The van der Waals surface area contributed by atoms with Crippen LogP contribution in [0, 0.1) is 0 Å². The second-order valence-electron chi connectivity index (χ2n) is 2.54. The molecule has 66 valence electrons. The smallest absolute Gasteiger partial charge is 0.0963 e. The number of thiophene rings is 1. The van der Waals surface area contributed by atoms with Crippen LogP contribution in [0.4, 0.5) is 0 Å². The summed E-state index contributed by atoms with van der Waals surface area (Å²) in [5.74, 6) is 1.02. The Morgan fingerprint density at radius 1 is 1.23 bits per heavy atom. The summed E-state index contributed by atoms with van der Waals surface area (Å²) in [7, 11) is 0. The average Bonchev–Trinajstić information content (AvgIpc) is 2.69. The molecule has 3 heteroatoms. The van der Waals surface area contributed by atoms with Gasteiger partial charge >= 0.3 is 0 Å². The molecule has 2 aromatic heterocycles. The average molecular weight is 207 g/mol. The molecule has 0 bridgehead atoms. The molecule has 0 N–H and O–H groups in total. The van der Waals surface area contributed by atoms with Gasteiger partial charge in [-0.15, -0.1) is 23.1 Å². The van der Waals surface area contributed by atoms with E-state index in [1.54, 1.807) is 23.1 Å². The van der Waals surface area contributed by atoms with Crippen molar-refractivity contribution in [2.75, 3.05) is 0 Å². The number of hydrogen-bond donors (Lipinski definition) is 0. The summed E-state index contributed by atoms with van der Waals surface area (Å²) in [6.45, 7) is 0. The zero-order valence-corrected chi connectivity index (χ0v) is 8.65. The molecule has 0 unspecified atom stereocenters. The van der Waals surface area contributed by atoms with Gasteiger partial charge in [0.05, 0.1) is 5.03 Å². The summed E-state index contributed by atoms with van der Waals surface area (Å²) in [4.78, 5) is 5.64. The molecule has 2 heterocycles. The van der Waals surface area contributed by atoms with Crippen LogP contribution in [-0.2, 0) is 5.75 Å². The summed E-state index contributed by atoms with van der Waals surface area (Å²) in [6, 6.07) is 10.2. The number of pyridine rings is 1. The van der Waals surface area contributed by atoms with Crippen LogP contribution in [0.1, 0.15) is 4.88 Å². The SMILES string of the molecule is c1ccc(SCc2cccs2)nc1. The molecule has 0 fully saturated rings. The minimum atomic E-state index is 1.02. The van der Waals surface area contributed by atoms with E-state index in [0.717, 1.165) is 10.8 Å². The van der Waals surface area contributed by atoms with E-state index in [2.05, 4.69) is 22.5 Å². The normalized spacial score (nSPS) is 10.2. The van der Waals surface area contributed by atoms with E-state index in [4.69, 9.17) is 0 Å². The maximum atomic E-state index is 4.25. The van der Waals surface area contributed by atoms with E-state index < -0.39 is 0 Å². The van der Waals surface area contributed by atoms with Crippen LogP contribution in [0.3, 0.4) is 0 Å². The Balaban J connectivity index is 1.94. The highest BCUT2D eigenvalue weighted by atomic mass is 32.2. The molecule has 0 amide bonds. The Hall–Kier alpha value is -0.800. The Bertz CT molecular complexity index is 342. The van der Waals surface area contributed by atoms with Gasteiger partial charge in [0.1, 0.15) is 0 Å². The predicted octanol–water partition coefficient (Wildman–Crippen LogP) is 3.44. The molecule has 1 nitrogen and oxygen atoms in total. The van der Waals surface area contributed by atoms with Crippen LogP contribution in [0.2, 0.25) is 0 Å². The predicted molar refractivity (Wildman–Crippen MR) is 58.1 cm³/mol. The number of aromatic nitrogens is 1. The first-order valence-corrected chi connectivity index (χ1v) is 5.88. The van der Waals surface area contributed by atoms with Crippen LogP contribution >= 0.6 is 23.1 Å². The first-order chi connectivity index (χ1) is 6.45. The summed E-state index contributed by atoms with van der Waals surface area (Å²) in [5.41, 5.74) is 0. The van der Waals surface area contributed by atoms with Crippen molar-refractivity contribution in [1.82, 2.24) is 4.98 Å². The maximum Gasteiger partial charge on any atom is 0.0963 e. The van der Waals surface area contributed by atoms with Crippen LogP contribution in [-0.4, -0.2) is 4.98 Å². The molecule has 13 heavy (non-hydrogen) atoms. The Morgan fingerprint density at radius 2 is 2.23 bits per heavy atom. The van der Waals surface area contributed by atoms with Gasteiger partial charge in [0.25, 0.3) is 0 Å². The van der Waals surface area contributed by atoms with Gasteiger partial charge < -0.3 is 0 Å². The van der Waals surface area contributed by atoms with E-state index >= 15 is 0 Å². The van der Waals surface area contributed by atoms with Crippen molar-refractivity contribution in [3.8, 4) is 0 Å². The monoisotopic (exact) mass is 207 g/mol. The zero-order valence-electron chi connectivity index (χ0n) is 7.01. The van der Waals surface area contributed by atoms with Gasteiger partial charge in [-0.2, -0.15) is 0 Å². The van der Waals surface area contributed by atoms with Gasteiger partial charge in [-0.3, -0.25) is 0 Å². The number of rotatable bonds is 3. The summed E-state index contributed by atoms with van der Waals surface area (Å²) in [5, 5.41) is 3.20. The van der Waals surface area contributed by atoms with Crippen LogP contribution in [0.5, 0.6) is 0 Å². The third-order valence-electron chi connectivity index (χ3n) is 1.58. The molecule has 0 aliphatic heterocycles. The molecule has 0 saturated heterocycles. The van der Waals surface area contributed by atoms with Gasteiger partial charge in [0.2, 0.25) is 0 Å². The summed E-state index contributed by atoms with van der Waals surface area (Å²) in [6.07, 6.45) is 1.83. The first kappa shape index (κ1) is 8.78. The van der Waals surface area contributed by atoms with Crippen LogP contribution in [0.15, 0.2) is 46.9 Å². The minimum Gasteiger partial charge on any atom is -0.250 e. The van der Waals surface area contributed by atoms with Crippen molar-refractivity contribution >= 4 is 23.1 Å². The van der Waals surface area contributed by atoms with E-state index in [1.165, 1.54) is 4.88 Å². The van der Waals surface area contributed by atoms with Crippen molar-refractivity contribution in [3.63, 3.8) is 0 Å². The zero-order chi connectivity index (χ0) is 8.93. The highest BCUT2D eigenvalue weighted by Crippen LogP contribution is 2.22. The van der Waals surface area contributed by atoms with Crippen molar-refractivity contribution in [2.24, 2.45) is 0 Å². The second-order valence-corrected chi connectivity index (χ2v) is 4.56. The highest BCUT2D eigenvalue weighted by molar-refractivity contribution is 7.98. The van der Waals surface area contributed by atoms with E-state index in [9.17, 15) is 0 Å². The Morgan fingerprint density at radius 3 is 2.92 bits per heavy atom. The van der Waals surface area contributed by atoms with E-state index in [-0.39, 0.29) is 0 Å². The molecule has 0 aromatic carbocycles. The fourth-order valence-corrected chi connectivity index (χ4v) is 2.61. The molecule has 0 atom stereocenters. The quantitative estimate of drug-likeness (QED) is 0.715. The molecule has 0 spiro atoms. The number of thioether (sulfide) groups is 1. The van der Waals surface area contributed by atoms with Crippen molar-refractivity contribution in [1.29, 1.82) is 0 Å². The van der Waals surface area contributed by atoms with E-state index in [1.807, 2.05) is 24.4 Å².